The summed E-state index contributed by atoms with van der Waals surface area (Å²) in [5, 5.41) is 7.52. The third-order valence-corrected chi connectivity index (χ3v) is 11.8. The summed E-state index contributed by atoms with van der Waals surface area (Å²) in [6, 6.07) is 77.5. The third kappa shape index (κ3) is 4.79. The molecular formula is C54H35N3. The highest BCUT2D eigenvalue weighted by molar-refractivity contribution is 6.26. The van der Waals surface area contributed by atoms with Crippen LogP contribution >= 0.6 is 0 Å². The van der Waals surface area contributed by atoms with Gasteiger partial charge in [-0.15, -0.1) is 0 Å². The molecule has 0 spiro atoms. The average Bonchev–Trinajstić information content (AvgIpc) is 3.93. The molecule has 0 aliphatic carbocycles. The zero-order valence-electron chi connectivity index (χ0n) is 31.0. The summed E-state index contributed by atoms with van der Waals surface area (Å²) in [4.78, 5) is 2.50. The van der Waals surface area contributed by atoms with Crippen LogP contribution in [-0.4, -0.2) is 8.97 Å². The van der Waals surface area contributed by atoms with E-state index in [1.807, 2.05) is 0 Å². The topological polar surface area (TPSA) is 12.6 Å². The van der Waals surface area contributed by atoms with Gasteiger partial charge in [0.1, 0.15) is 0 Å². The van der Waals surface area contributed by atoms with E-state index >= 15 is 0 Å². The molecule has 9 aromatic carbocycles. The van der Waals surface area contributed by atoms with Crippen LogP contribution in [0.4, 0.5) is 17.1 Å². The van der Waals surface area contributed by atoms with Gasteiger partial charge in [0.05, 0.1) is 33.3 Å². The zero-order valence-corrected chi connectivity index (χ0v) is 31.0. The monoisotopic (exact) mass is 725 g/mol. The quantitative estimate of drug-likeness (QED) is 0.166. The zero-order chi connectivity index (χ0) is 37.5. The number of hydrogen-bond donors (Lipinski definition) is 0. The van der Waals surface area contributed by atoms with Crippen LogP contribution in [0.2, 0.25) is 0 Å². The van der Waals surface area contributed by atoms with Crippen molar-refractivity contribution in [1.82, 2.24) is 8.97 Å². The number of benzene rings is 9. The maximum Gasteiger partial charge on any atom is 0.0621 e. The van der Waals surface area contributed by atoms with Crippen LogP contribution < -0.4 is 4.90 Å². The van der Waals surface area contributed by atoms with Gasteiger partial charge >= 0.3 is 0 Å². The molecule has 3 aromatic heterocycles. The molecule has 3 heterocycles. The Morgan fingerprint density at radius 1 is 0.316 bits per heavy atom. The molecular weight excluding hydrogens is 691 g/mol. The minimum atomic E-state index is 1.09. The summed E-state index contributed by atoms with van der Waals surface area (Å²) < 4.78 is 4.89. The van der Waals surface area contributed by atoms with Gasteiger partial charge in [0.2, 0.25) is 0 Å². The van der Waals surface area contributed by atoms with Crippen molar-refractivity contribution in [2.45, 2.75) is 0 Å². The average molecular weight is 726 g/mol. The Kier molecular flexibility index (Phi) is 6.93. The van der Waals surface area contributed by atoms with E-state index in [4.69, 9.17) is 0 Å². The highest BCUT2D eigenvalue weighted by atomic mass is 15.1. The summed E-state index contributed by atoms with van der Waals surface area (Å²) in [6.45, 7) is 0. The van der Waals surface area contributed by atoms with Gasteiger partial charge in [-0.3, -0.25) is 0 Å². The number of fused-ring (bicyclic) bond motifs is 9. The number of aromatic nitrogens is 2. The lowest BCUT2D eigenvalue weighted by atomic mass is 9.97. The Bertz CT molecular complexity index is 3390. The summed E-state index contributed by atoms with van der Waals surface area (Å²) in [5.74, 6) is 0. The van der Waals surface area contributed by atoms with Gasteiger partial charge in [-0.05, 0) is 89.0 Å². The fourth-order valence-electron chi connectivity index (χ4n) is 9.36. The van der Waals surface area contributed by atoms with Gasteiger partial charge in [0.25, 0.3) is 0 Å². The molecule has 0 N–H and O–H groups in total. The molecule has 0 saturated carbocycles. The van der Waals surface area contributed by atoms with Gasteiger partial charge in [-0.25, -0.2) is 0 Å². The predicted molar refractivity (Wildman–Crippen MR) is 241 cm³/mol. The molecule has 266 valence electrons. The van der Waals surface area contributed by atoms with Crippen LogP contribution in [0.5, 0.6) is 0 Å². The maximum atomic E-state index is 2.50. The minimum absolute atomic E-state index is 1.09. The van der Waals surface area contributed by atoms with E-state index in [0.717, 1.165) is 22.7 Å². The van der Waals surface area contributed by atoms with Crippen molar-refractivity contribution < 1.29 is 0 Å². The second kappa shape index (κ2) is 12.5. The molecule has 0 bridgehead atoms. The number of para-hydroxylation sites is 4. The Hall–Kier alpha value is -7.62. The molecule has 0 saturated heterocycles. The first-order chi connectivity index (χ1) is 28.3. The van der Waals surface area contributed by atoms with Crippen LogP contribution in [0.25, 0.3) is 87.8 Å². The standard InChI is InChI=1S/C54H35N3/c1-4-16-36(17-5-1)38-32-39(37-18-6-2-7-19-37)34-42(33-38)55(41-30-31-45-43-22-10-12-26-48(43)56(52(45)35-41)40-20-8-3-9-21-40)50-28-15-29-51-53(50)47-25-14-24-46-44-23-11-13-27-49(44)57(51)54(46)47/h1-35H. The molecule has 3 heteroatoms. The maximum absolute atomic E-state index is 2.50. The molecule has 0 radical (unpaired) electrons. The largest absolute Gasteiger partial charge is 0.310 e. The smallest absolute Gasteiger partial charge is 0.0621 e. The summed E-state index contributed by atoms with van der Waals surface area (Å²) in [5.41, 5.74) is 15.2. The van der Waals surface area contributed by atoms with Crippen molar-refractivity contribution in [1.29, 1.82) is 0 Å². The van der Waals surface area contributed by atoms with Crippen molar-refractivity contribution in [3.63, 3.8) is 0 Å². The van der Waals surface area contributed by atoms with Crippen molar-refractivity contribution >= 4 is 77.0 Å². The molecule has 0 aliphatic heterocycles. The van der Waals surface area contributed by atoms with Crippen molar-refractivity contribution in [3.8, 4) is 27.9 Å². The first kappa shape index (κ1) is 31.7. The van der Waals surface area contributed by atoms with Gasteiger partial charge in [0.15, 0.2) is 0 Å². The Morgan fingerprint density at radius 3 is 1.58 bits per heavy atom. The SMILES string of the molecule is c1ccc(-c2cc(-c3ccccc3)cc(N(c3ccc4c5ccccc5n(-c5ccccc5)c4c3)c3cccc4c3c3cccc5c6ccccc6n4c53)c2)cc1. The molecule has 12 rings (SSSR count). The fraction of sp³-hybridized carbons (Fsp3) is 0. The lowest BCUT2D eigenvalue weighted by Crippen LogP contribution is -2.11. The van der Waals surface area contributed by atoms with Crippen molar-refractivity contribution in [2.75, 3.05) is 4.90 Å². The van der Waals surface area contributed by atoms with E-state index in [9.17, 15) is 0 Å². The molecule has 57 heavy (non-hydrogen) atoms. The molecule has 0 unspecified atom stereocenters. The highest BCUT2D eigenvalue weighted by Crippen LogP contribution is 2.48. The van der Waals surface area contributed by atoms with Crippen LogP contribution in [-0.2, 0) is 0 Å². The highest BCUT2D eigenvalue weighted by Gasteiger charge is 2.24. The molecule has 0 amide bonds. The van der Waals surface area contributed by atoms with Crippen LogP contribution in [0, 0.1) is 0 Å². The van der Waals surface area contributed by atoms with Crippen LogP contribution in [0.15, 0.2) is 212 Å². The first-order valence-corrected chi connectivity index (χ1v) is 19.6. The third-order valence-electron chi connectivity index (χ3n) is 11.8. The molecule has 0 aliphatic rings. The Morgan fingerprint density at radius 2 is 0.860 bits per heavy atom. The van der Waals surface area contributed by atoms with Gasteiger partial charge in [-0.1, -0.05) is 146 Å². The van der Waals surface area contributed by atoms with E-state index < -0.39 is 0 Å². The number of anilines is 3. The molecule has 0 atom stereocenters. The van der Waals surface area contributed by atoms with E-state index in [1.54, 1.807) is 0 Å². The Labute approximate surface area is 329 Å². The van der Waals surface area contributed by atoms with E-state index in [-0.39, 0.29) is 0 Å². The fourth-order valence-corrected chi connectivity index (χ4v) is 9.36. The second-order valence-electron chi connectivity index (χ2n) is 15.0. The number of hydrogen-bond acceptors (Lipinski definition) is 1. The van der Waals surface area contributed by atoms with Crippen LogP contribution in [0.3, 0.4) is 0 Å². The molecule has 12 aromatic rings. The lowest BCUT2D eigenvalue weighted by molar-refractivity contribution is 1.18. The van der Waals surface area contributed by atoms with E-state index in [2.05, 4.69) is 226 Å². The first-order valence-electron chi connectivity index (χ1n) is 19.6. The van der Waals surface area contributed by atoms with Crippen molar-refractivity contribution in [2.24, 2.45) is 0 Å². The summed E-state index contributed by atoms with van der Waals surface area (Å²) in [7, 11) is 0. The second-order valence-corrected chi connectivity index (χ2v) is 15.0. The van der Waals surface area contributed by atoms with E-state index in [0.29, 0.717) is 0 Å². The van der Waals surface area contributed by atoms with Gasteiger partial charge in [-0.2, -0.15) is 0 Å². The molecule has 0 fully saturated rings. The number of nitrogens with zero attached hydrogens (tertiary/aromatic N) is 3. The van der Waals surface area contributed by atoms with Gasteiger partial charge in [0, 0.05) is 49.4 Å². The summed E-state index contributed by atoms with van der Waals surface area (Å²) in [6.07, 6.45) is 0. The number of rotatable bonds is 6. The lowest BCUT2D eigenvalue weighted by Gasteiger charge is -2.28. The van der Waals surface area contributed by atoms with Gasteiger partial charge < -0.3 is 13.9 Å². The Balaban J connectivity index is 1.21. The summed E-state index contributed by atoms with van der Waals surface area (Å²) >= 11 is 0. The van der Waals surface area contributed by atoms with Crippen molar-refractivity contribution in [3.05, 3.63) is 212 Å². The normalized spacial score (nSPS) is 11.9. The predicted octanol–water partition coefficient (Wildman–Crippen LogP) is 14.7. The molecule has 3 nitrogen and oxygen atoms in total. The minimum Gasteiger partial charge on any atom is -0.310 e. The van der Waals surface area contributed by atoms with Crippen LogP contribution in [0.1, 0.15) is 0 Å². The van der Waals surface area contributed by atoms with E-state index in [1.165, 1.54) is 82.2 Å².